The monoisotopic (exact) mass is 572 g/mol. The van der Waals surface area contributed by atoms with E-state index in [1.807, 2.05) is 34.6 Å². The highest BCUT2D eigenvalue weighted by atomic mass is 16.6. The van der Waals surface area contributed by atoms with Gasteiger partial charge >= 0.3 is 17.9 Å². The van der Waals surface area contributed by atoms with Crippen LogP contribution in [-0.4, -0.2) is 54.0 Å². The lowest BCUT2D eigenvalue weighted by atomic mass is 9.41. The lowest BCUT2D eigenvalue weighted by Crippen LogP contribution is -2.76. The van der Waals surface area contributed by atoms with E-state index in [2.05, 4.69) is 6.58 Å². The molecule has 2 bridgehead atoms. The van der Waals surface area contributed by atoms with Gasteiger partial charge in [0.1, 0.15) is 23.9 Å². The first-order valence-electron chi connectivity index (χ1n) is 14.7. The molecule has 2 saturated heterocycles. The van der Waals surface area contributed by atoms with E-state index in [0.717, 1.165) is 11.1 Å². The van der Waals surface area contributed by atoms with Crippen molar-refractivity contribution in [2.75, 3.05) is 7.11 Å². The van der Waals surface area contributed by atoms with Crippen molar-refractivity contribution in [2.24, 2.45) is 34.0 Å². The van der Waals surface area contributed by atoms with Gasteiger partial charge in [0.25, 0.3) is 0 Å². The Morgan fingerprint density at radius 3 is 2.56 bits per heavy atom. The number of hydrogen-bond donors (Lipinski definition) is 1. The first-order chi connectivity index (χ1) is 19.2. The van der Waals surface area contributed by atoms with Crippen LogP contribution in [0.5, 0.6) is 0 Å². The summed E-state index contributed by atoms with van der Waals surface area (Å²) < 4.78 is 29.6. The molecule has 2 aliphatic carbocycles. The predicted molar refractivity (Wildman–Crippen MR) is 147 cm³/mol. The zero-order valence-electron chi connectivity index (χ0n) is 25.2. The van der Waals surface area contributed by atoms with E-state index in [1.165, 1.54) is 7.11 Å². The lowest BCUT2D eigenvalue weighted by molar-refractivity contribution is -0.339. The number of furan rings is 1. The average molecular weight is 573 g/mol. The number of aliphatic hydroxyl groups excluding tert-OH is 1. The molecule has 0 radical (unpaired) electrons. The van der Waals surface area contributed by atoms with Crippen LogP contribution in [0.3, 0.4) is 0 Å². The summed E-state index contributed by atoms with van der Waals surface area (Å²) in [5.74, 6) is -2.15. The van der Waals surface area contributed by atoms with Gasteiger partial charge in [-0.2, -0.15) is 0 Å². The van der Waals surface area contributed by atoms with Gasteiger partial charge < -0.3 is 28.5 Å². The molecule has 5 rings (SSSR count). The number of esters is 3. The van der Waals surface area contributed by atoms with Crippen molar-refractivity contribution in [3.63, 3.8) is 0 Å². The van der Waals surface area contributed by atoms with Crippen LogP contribution >= 0.6 is 0 Å². The van der Waals surface area contributed by atoms with Crippen LogP contribution in [0.1, 0.15) is 85.3 Å². The smallest absolute Gasteiger partial charge is 0.309 e. The highest BCUT2D eigenvalue weighted by Crippen LogP contribution is 2.72. The van der Waals surface area contributed by atoms with E-state index in [1.54, 1.807) is 25.5 Å². The first-order valence-corrected chi connectivity index (χ1v) is 14.7. The molecule has 4 aliphatic rings. The Morgan fingerprint density at radius 2 is 1.95 bits per heavy atom. The average Bonchev–Trinajstić information content (AvgIpc) is 3.46. The van der Waals surface area contributed by atoms with Gasteiger partial charge in [0, 0.05) is 28.2 Å². The van der Waals surface area contributed by atoms with Gasteiger partial charge in [-0.3, -0.25) is 14.4 Å². The minimum Gasteiger partial charge on any atom is -0.472 e. The maximum absolute atomic E-state index is 13.2. The lowest BCUT2D eigenvalue weighted by Gasteiger charge is -2.71. The van der Waals surface area contributed by atoms with Gasteiger partial charge in [-0.25, -0.2) is 0 Å². The molecule has 9 heteroatoms. The molecular weight excluding hydrogens is 528 g/mol. The Bertz CT molecular complexity index is 1220. The van der Waals surface area contributed by atoms with Crippen LogP contribution in [0.4, 0.5) is 0 Å². The van der Waals surface area contributed by atoms with E-state index in [4.69, 9.17) is 23.4 Å². The van der Waals surface area contributed by atoms with Crippen molar-refractivity contribution >= 4 is 17.9 Å². The number of fused-ring (bicyclic) bond motifs is 3. The summed E-state index contributed by atoms with van der Waals surface area (Å²) in [6, 6.07) is 1.79. The Labute approximate surface area is 241 Å². The maximum Gasteiger partial charge on any atom is 0.309 e. The number of rotatable bonds is 6. The van der Waals surface area contributed by atoms with Crippen LogP contribution in [0.2, 0.25) is 0 Å². The van der Waals surface area contributed by atoms with Crippen molar-refractivity contribution < 1.29 is 42.9 Å². The molecule has 2 saturated carbocycles. The highest BCUT2D eigenvalue weighted by molar-refractivity contribution is 5.75. The van der Waals surface area contributed by atoms with Crippen LogP contribution in [-0.2, 0) is 33.3 Å². The highest BCUT2D eigenvalue weighted by Gasteiger charge is 2.75. The van der Waals surface area contributed by atoms with Gasteiger partial charge in [0.05, 0.1) is 38.1 Å². The fraction of sp³-hybridized carbons (Fsp3) is 0.719. The number of hydrogen-bond acceptors (Lipinski definition) is 9. The third-order valence-electron chi connectivity index (χ3n) is 11.4. The zero-order chi connectivity index (χ0) is 30.1. The summed E-state index contributed by atoms with van der Waals surface area (Å²) in [7, 11) is 1.36. The van der Waals surface area contributed by atoms with E-state index in [9.17, 15) is 19.5 Å². The number of ether oxygens (including phenoxy) is 4. The third-order valence-corrected chi connectivity index (χ3v) is 11.4. The number of aliphatic hydroxyl groups is 1. The molecule has 0 amide bonds. The second-order valence-electron chi connectivity index (χ2n) is 13.7. The molecule has 41 heavy (non-hydrogen) atoms. The quantitative estimate of drug-likeness (QED) is 0.287. The van der Waals surface area contributed by atoms with Gasteiger partial charge in [-0.15, -0.1) is 0 Å². The summed E-state index contributed by atoms with van der Waals surface area (Å²) in [5, 5.41) is 12.1. The molecule has 1 aromatic heterocycles. The van der Waals surface area contributed by atoms with Crippen molar-refractivity contribution in [3.8, 4) is 0 Å². The second kappa shape index (κ2) is 9.97. The minimum atomic E-state index is -1.21. The molecule has 1 N–H and O–H groups in total. The van der Waals surface area contributed by atoms with Gasteiger partial charge in [-0.05, 0) is 42.7 Å². The van der Waals surface area contributed by atoms with Crippen molar-refractivity contribution in [1.29, 1.82) is 0 Å². The van der Waals surface area contributed by atoms with E-state index < -0.39 is 64.1 Å². The number of cyclic esters (lactones) is 1. The van der Waals surface area contributed by atoms with Crippen molar-refractivity contribution in [2.45, 2.75) is 104 Å². The molecule has 3 heterocycles. The predicted octanol–water partition coefficient (Wildman–Crippen LogP) is 4.92. The van der Waals surface area contributed by atoms with Crippen LogP contribution in [0.15, 0.2) is 35.2 Å². The van der Waals surface area contributed by atoms with Crippen molar-refractivity contribution in [3.05, 3.63) is 36.3 Å². The molecule has 0 aromatic carbocycles. The van der Waals surface area contributed by atoms with Crippen LogP contribution < -0.4 is 0 Å². The third kappa shape index (κ3) is 4.05. The topological polar surface area (TPSA) is 122 Å². The summed E-state index contributed by atoms with van der Waals surface area (Å²) in [5.41, 5.74) is -1.91. The number of methoxy groups -OCH3 is 1. The Balaban J connectivity index is 1.65. The number of carbonyl (C=O) groups excluding carboxylic acids is 3. The molecule has 1 aromatic rings. The molecule has 226 valence electrons. The fourth-order valence-corrected chi connectivity index (χ4v) is 8.81. The summed E-state index contributed by atoms with van der Waals surface area (Å²) >= 11 is 0. The normalized spacial score (nSPS) is 41.9. The van der Waals surface area contributed by atoms with E-state index in [0.29, 0.717) is 19.3 Å². The summed E-state index contributed by atoms with van der Waals surface area (Å²) in [6.45, 7) is 16.2. The first kappa shape index (κ1) is 29.8. The molecule has 9 nitrogen and oxygen atoms in total. The van der Waals surface area contributed by atoms with Gasteiger partial charge in [-0.1, -0.05) is 48.1 Å². The molecule has 1 spiro atoms. The molecule has 0 unspecified atom stereocenters. The second-order valence-corrected chi connectivity index (χ2v) is 13.7. The molecule has 2 aliphatic heterocycles. The van der Waals surface area contributed by atoms with Crippen LogP contribution in [0, 0.1) is 34.0 Å². The minimum absolute atomic E-state index is 0.0468. The number of carbonyl (C=O) groups is 3. The van der Waals surface area contributed by atoms with E-state index in [-0.39, 0.29) is 30.6 Å². The fourth-order valence-electron chi connectivity index (χ4n) is 8.81. The largest absolute Gasteiger partial charge is 0.472 e. The van der Waals surface area contributed by atoms with Gasteiger partial charge in [0.2, 0.25) is 0 Å². The summed E-state index contributed by atoms with van der Waals surface area (Å²) in [6.07, 6.45) is 1.43. The molecular formula is C32H44O9. The van der Waals surface area contributed by atoms with Gasteiger partial charge in [0.15, 0.2) is 0 Å². The molecule has 10 atom stereocenters. The Kier molecular flexibility index (Phi) is 7.25. The van der Waals surface area contributed by atoms with E-state index >= 15 is 0 Å². The SMILES string of the molecule is C=C1[C@H]2CC[C@@]3(C)[C@H](c4ccoc4)OC(=O)C[C@@]13O[C@H]1[C@@H](O)[C@H](OC(=O)[C@@H](C)CC)C(C)(C)[C@H](CC(=O)OC)[C@@]21C. The zero-order valence-corrected chi connectivity index (χ0v) is 25.2. The maximum atomic E-state index is 13.2. The Morgan fingerprint density at radius 1 is 1.24 bits per heavy atom. The van der Waals surface area contributed by atoms with Crippen LogP contribution in [0.25, 0.3) is 0 Å². The van der Waals surface area contributed by atoms with Crippen molar-refractivity contribution in [1.82, 2.24) is 0 Å². The summed E-state index contributed by atoms with van der Waals surface area (Å²) in [4.78, 5) is 39.2. The standard InChI is InChI=1S/C32H44O9/c1-9-17(2)28(36)40-26-24(35)27-31(7,21(29(26,4)5)14-22(33)37-8)20-10-12-30(6)25(19-11-13-38-16-19)39-23(34)15-32(30,41-27)18(20)3/h11,13,16-17,20-21,24-27,35H,3,9-10,12,14-15H2,1-2,4-8H3/t17-,20+,21-,24-,25-,26-,27-,30-,31+,32+/m0/s1. The molecule has 4 fully saturated rings. The Hall–Kier alpha value is -2.65.